The van der Waals surface area contributed by atoms with Gasteiger partial charge in [-0.2, -0.15) is 0 Å². The van der Waals surface area contributed by atoms with Crippen molar-refractivity contribution in [2.75, 3.05) is 19.6 Å². The Morgan fingerprint density at radius 3 is 2.63 bits per heavy atom. The zero-order valence-corrected chi connectivity index (χ0v) is 12.1. The summed E-state index contributed by atoms with van der Waals surface area (Å²) in [5.74, 6) is 0.434. The van der Waals surface area contributed by atoms with Crippen LogP contribution in [0.5, 0.6) is 0 Å². The van der Waals surface area contributed by atoms with Crippen LogP contribution in [-0.4, -0.2) is 41.7 Å². The van der Waals surface area contributed by atoms with E-state index >= 15 is 0 Å². The molecular formula is C15H28N2O2. The number of aliphatic hydroxyl groups excluding tert-OH is 1. The van der Waals surface area contributed by atoms with Gasteiger partial charge >= 0.3 is 0 Å². The Morgan fingerprint density at radius 2 is 2.05 bits per heavy atom. The maximum absolute atomic E-state index is 12.5. The van der Waals surface area contributed by atoms with E-state index in [0.29, 0.717) is 32.5 Å². The number of nitrogens with zero attached hydrogens (tertiary/aromatic N) is 1. The summed E-state index contributed by atoms with van der Waals surface area (Å²) in [6.45, 7) is 4.04. The third-order valence-electron chi connectivity index (χ3n) is 5.09. The van der Waals surface area contributed by atoms with Crippen molar-refractivity contribution in [3.63, 3.8) is 0 Å². The van der Waals surface area contributed by atoms with Crippen molar-refractivity contribution >= 4 is 5.91 Å². The maximum Gasteiger partial charge on any atom is 0.223 e. The lowest BCUT2D eigenvalue weighted by Crippen LogP contribution is -2.47. The Balaban J connectivity index is 1.92. The van der Waals surface area contributed by atoms with Crippen LogP contribution in [0.2, 0.25) is 0 Å². The average molecular weight is 268 g/mol. The van der Waals surface area contributed by atoms with E-state index in [1.165, 1.54) is 19.3 Å². The van der Waals surface area contributed by atoms with Gasteiger partial charge in [0.2, 0.25) is 5.91 Å². The molecule has 0 aromatic rings. The molecule has 2 unspecified atom stereocenters. The molecule has 3 N–H and O–H groups in total. The van der Waals surface area contributed by atoms with E-state index < -0.39 is 0 Å². The molecule has 2 atom stereocenters. The van der Waals surface area contributed by atoms with E-state index in [1.54, 1.807) is 0 Å². The minimum atomic E-state index is -0.248. The number of hydrogen-bond donors (Lipinski definition) is 2. The number of likely N-dealkylation sites (tertiary alicyclic amines) is 1. The number of nitrogens with two attached hydrogens (primary N) is 1. The van der Waals surface area contributed by atoms with E-state index in [2.05, 4.69) is 0 Å². The number of hydrogen-bond acceptors (Lipinski definition) is 3. The Morgan fingerprint density at radius 1 is 1.37 bits per heavy atom. The Hall–Kier alpha value is -0.610. The van der Waals surface area contributed by atoms with E-state index in [4.69, 9.17) is 5.73 Å². The third kappa shape index (κ3) is 3.48. The number of piperidine rings is 1. The van der Waals surface area contributed by atoms with E-state index in [-0.39, 0.29) is 23.3 Å². The molecule has 1 aliphatic heterocycles. The second-order valence-corrected chi connectivity index (χ2v) is 6.61. The molecular weight excluding hydrogens is 240 g/mol. The van der Waals surface area contributed by atoms with Crippen LogP contribution in [0.4, 0.5) is 0 Å². The van der Waals surface area contributed by atoms with Gasteiger partial charge in [0.25, 0.3) is 0 Å². The molecule has 1 aliphatic carbocycles. The van der Waals surface area contributed by atoms with Crippen molar-refractivity contribution < 1.29 is 9.90 Å². The van der Waals surface area contributed by atoms with Crippen LogP contribution < -0.4 is 5.73 Å². The molecule has 0 radical (unpaired) electrons. The van der Waals surface area contributed by atoms with Gasteiger partial charge in [0.05, 0.1) is 6.10 Å². The van der Waals surface area contributed by atoms with Gasteiger partial charge in [0.1, 0.15) is 0 Å². The topological polar surface area (TPSA) is 66.6 Å². The highest BCUT2D eigenvalue weighted by atomic mass is 16.3. The zero-order valence-electron chi connectivity index (χ0n) is 12.1. The summed E-state index contributed by atoms with van der Waals surface area (Å²) in [6.07, 6.45) is 6.96. The van der Waals surface area contributed by atoms with Crippen LogP contribution in [0.25, 0.3) is 0 Å². The summed E-state index contributed by atoms with van der Waals surface area (Å²) in [5, 5.41) is 9.74. The fourth-order valence-corrected chi connectivity index (χ4v) is 3.55. The minimum Gasteiger partial charge on any atom is -0.393 e. The summed E-state index contributed by atoms with van der Waals surface area (Å²) in [5.41, 5.74) is 6.00. The summed E-state index contributed by atoms with van der Waals surface area (Å²) in [4.78, 5) is 14.4. The summed E-state index contributed by atoms with van der Waals surface area (Å²) < 4.78 is 0. The van der Waals surface area contributed by atoms with Gasteiger partial charge in [-0.15, -0.1) is 0 Å². The molecule has 1 amide bonds. The average Bonchev–Trinajstić information content (AvgIpc) is 2.43. The van der Waals surface area contributed by atoms with Crippen LogP contribution >= 0.6 is 0 Å². The molecule has 4 nitrogen and oxygen atoms in total. The highest BCUT2D eigenvalue weighted by molar-refractivity contribution is 5.77. The van der Waals surface area contributed by atoms with Crippen molar-refractivity contribution in [3.8, 4) is 0 Å². The van der Waals surface area contributed by atoms with Gasteiger partial charge in [-0.3, -0.25) is 4.79 Å². The predicted molar refractivity (Wildman–Crippen MR) is 75.6 cm³/mol. The number of carbonyl (C=O) groups excluding carboxylic acids is 1. The second-order valence-electron chi connectivity index (χ2n) is 6.61. The number of carbonyl (C=O) groups is 1. The van der Waals surface area contributed by atoms with Crippen LogP contribution in [-0.2, 0) is 4.79 Å². The first-order valence-electron chi connectivity index (χ1n) is 7.72. The number of rotatable bonds is 3. The molecule has 0 aromatic carbocycles. The van der Waals surface area contributed by atoms with Gasteiger partial charge in [-0.05, 0) is 37.1 Å². The fraction of sp³-hybridized carbons (Fsp3) is 0.933. The molecule has 1 heterocycles. The first-order chi connectivity index (χ1) is 9.06. The first-order valence-corrected chi connectivity index (χ1v) is 7.72. The smallest absolute Gasteiger partial charge is 0.223 e. The van der Waals surface area contributed by atoms with Gasteiger partial charge in [0, 0.05) is 19.5 Å². The number of aliphatic hydroxyl groups is 1. The largest absolute Gasteiger partial charge is 0.393 e. The lowest BCUT2D eigenvalue weighted by Gasteiger charge is -2.40. The van der Waals surface area contributed by atoms with E-state index in [9.17, 15) is 9.90 Å². The molecule has 2 rings (SSSR count). The Kier molecular flexibility index (Phi) is 4.85. The molecule has 0 bridgehead atoms. The van der Waals surface area contributed by atoms with Crippen LogP contribution in [0.3, 0.4) is 0 Å². The predicted octanol–water partition coefficient (Wildman–Crippen LogP) is 1.51. The van der Waals surface area contributed by atoms with E-state index in [1.807, 2.05) is 11.8 Å². The maximum atomic E-state index is 12.5. The molecule has 2 fully saturated rings. The van der Waals surface area contributed by atoms with Gasteiger partial charge in [-0.25, -0.2) is 0 Å². The third-order valence-corrected chi connectivity index (χ3v) is 5.09. The van der Waals surface area contributed by atoms with Gasteiger partial charge in [-0.1, -0.05) is 26.2 Å². The monoisotopic (exact) mass is 268 g/mol. The Labute approximate surface area is 116 Å². The highest BCUT2D eigenvalue weighted by Crippen LogP contribution is 2.39. The van der Waals surface area contributed by atoms with Crippen LogP contribution in [0, 0.1) is 11.3 Å². The minimum absolute atomic E-state index is 0.0502. The van der Waals surface area contributed by atoms with Crippen molar-refractivity contribution in [1.29, 1.82) is 0 Å². The zero-order chi connectivity index (χ0) is 13.9. The SMILES string of the molecule is CC1CN(C(=O)CC2(CN)CCCCC2)CCC1O. The van der Waals surface area contributed by atoms with Gasteiger partial charge in [0.15, 0.2) is 0 Å². The molecule has 4 heteroatoms. The first kappa shape index (κ1) is 14.8. The standard InChI is InChI=1S/C15H28N2O2/c1-12-10-17(8-5-13(12)18)14(19)9-15(11-16)6-3-2-4-7-15/h12-13,18H,2-11,16H2,1H3. The van der Waals surface area contributed by atoms with Crippen molar-refractivity contribution in [3.05, 3.63) is 0 Å². The van der Waals surface area contributed by atoms with Crippen molar-refractivity contribution in [2.24, 2.45) is 17.1 Å². The van der Waals surface area contributed by atoms with Crippen LogP contribution in [0.1, 0.15) is 51.9 Å². The molecule has 2 aliphatic rings. The summed E-state index contributed by atoms with van der Waals surface area (Å²) >= 11 is 0. The van der Waals surface area contributed by atoms with Crippen molar-refractivity contribution in [2.45, 2.75) is 58.0 Å². The summed E-state index contributed by atoms with van der Waals surface area (Å²) in [7, 11) is 0. The normalized spacial score (nSPS) is 31.2. The molecule has 110 valence electrons. The second kappa shape index (κ2) is 6.23. The number of amides is 1. The quantitative estimate of drug-likeness (QED) is 0.815. The van der Waals surface area contributed by atoms with Crippen LogP contribution in [0.15, 0.2) is 0 Å². The van der Waals surface area contributed by atoms with E-state index in [0.717, 1.165) is 12.8 Å². The Bertz CT molecular complexity index is 313. The molecule has 0 aromatic heterocycles. The van der Waals surface area contributed by atoms with Gasteiger partial charge < -0.3 is 15.7 Å². The molecule has 1 saturated heterocycles. The fourth-order valence-electron chi connectivity index (χ4n) is 3.55. The lowest BCUT2D eigenvalue weighted by molar-refractivity contribution is -0.137. The highest BCUT2D eigenvalue weighted by Gasteiger charge is 2.36. The molecule has 19 heavy (non-hydrogen) atoms. The molecule has 0 spiro atoms. The lowest BCUT2D eigenvalue weighted by atomic mass is 9.71. The summed E-state index contributed by atoms with van der Waals surface area (Å²) in [6, 6.07) is 0. The molecule has 1 saturated carbocycles. The van der Waals surface area contributed by atoms with Crippen molar-refractivity contribution in [1.82, 2.24) is 4.90 Å².